The van der Waals surface area contributed by atoms with E-state index in [0.29, 0.717) is 52.6 Å². The third-order valence-corrected chi connectivity index (χ3v) is 11.5. The van der Waals surface area contributed by atoms with Gasteiger partial charge in [0.05, 0.1) is 19.3 Å². The number of fused-ring (bicyclic) bond motifs is 2. The van der Waals surface area contributed by atoms with E-state index in [2.05, 4.69) is 19.9 Å². The van der Waals surface area contributed by atoms with Crippen LogP contribution in [0.15, 0.2) is 43.0 Å². The highest BCUT2D eigenvalue weighted by molar-refractivity contribution is 7.94. The van der Waals surface area contributed by atoms with Crippen LogP contribution in [0.4, 0.5) is 19.0 Å². The molecule has 10 nitrogen and oxygen atoms in total. The summed E-state index contributed by atoms with van der Waals surface area (Å²) in [5.74, 6) is 1.39. The molecule has 0 saturated heterocycles. The second kappa shape index (κ2) is 10.5. The van der Waals surface area contributed by atoms with Crippen molar-refractivity contribution in [2.24, 2.45) is 0 Å². The average molecular weight is 640 g/mol. The van der Waals surface area contributed by atoms with Crippen molar-refractivity contribution in [3.05, 3.63) is 65.5 Å². The first-order valence-corrected chi connectivity index (χ1v) is 16.4. The predicted molar refractivity (Wildman–Crippen MR) is 160 cm³/mol. The van der Waals surface area contributed by atoms with Crippen LogP contribution in [0.5, 0.6) is 5.88 Å². The Kier molecular flexibility index (Phi) is 6.91. The molecule has 14 heteroatoms. The molecule has 3 aliphatic rings. The lowest BCUT2D eigenvalue weighted by atomic mass is 9.98. The molecule has 2 saturated carbocycles. The Bertz CT molecular complexity index is 1880. The molecule has 4 heterocycles. The summed E-state index contributed by atoms with van der Waals surface area (Å²) in [5, 5.41) is 0. The molecule has 3 aromatic heterocycles. The van der Waals surface area contributed by atoms with Gasteiger partial charge in [-0.2, -0.15) is 13.2 Å². The number of hydrogen-bond donors (Lipinski definition) is 0. The van der Waals surface area contributed by atoms with Crippen molar-refractivity contribution in [1.29, 1.82) is 0 Å². The zero-order chi connectivity index (χ0) is 31.7. The minimum atomic E-state index is -4.57. The van der Waals surface area contributed by atoms with Gasteiger partial charge in [-0.05, 0) is 45.1 Å². The third-order valence-electron chi connectivity index (χ3n) is 9.03. The zero-order valence-corrected chi connectivity index (χ0v) is 25.9. The first-order chi connectivity index (χ1) is 21.4. The van der Waals surface area contributed by atoms with Crippen LogP contribution >= 0.6 is 0 Å². The Hall–Kier alpha value is -4.07. The Balaban J connectivity index is 1.28. The van der Waals surface area contributed by atoms with E-state index >= 15 is 0 Å². The van der Waals surface area contributed by atoms with E-state index in [0.717, 1.165) is 37.6 Å². The molecule has 2 aliphatic carbocycles. The monoisotopic (exact) mass is 639 g/mol. The Labute approximate surface area is 258 Å². The van der Waals surface area contributed by atoms with Crippen LogP contribution in [0.25, 0.3) is 22.8 Å². The normalized spacial score (nSPS) is 18.6. The number of methoxy groups -OCH3 is 1. The van der Waals surface area contributed by atoms with Crippen molar-refractivity contribution in [3.8, 4) is 28.7 Å². The van der Waals surface area contributed by atoms with Crippen molar-refractivity contribution in [3.63, 3.8) is 0 Å². The van der Waals surface area contributed by atoms with Crippen LogP contribution in [-0.2, 0) is 27.5 Å². The van der Waals surface area contributed by atoms with E-state index in [-0.39, 0.29) is 24.3 Å². The fourth-order valence-corrected chi connectivity index (χ4v) is 8.91. The van der Waals surface area contributed by atoms with Gasteiger partial charge in [0.2, 0.25) is 15.9 Å². The molecule has 45 heavy (non-hydrogen) atoms. The lowest BCUT2D eigenvalue weighted by molar-refractivity contribution is -0.140. The predicted octanol–water partition coefficient (Wildman–Crippen LogP) is 6.40. The summed E-state index contributed by atoms with van der Waals surface area (Å²) >= 11 is 0. The van der Waals surface area contributed by atoms with E-state index in [1.165, 1.54) is 22.3 Å². The summed E-state index contributed by atoms with van der Waals surface area (Å²) < 4.78 is 76.3. The average Bonchev–Trinajstić information content (AvgIpc) is 3.47. The van der Waals surface area contributed by atoms with Gasteiger partial charge < -0.3 is 9.30 Å². The Morgan fingerprint density at radius 3 is 2.38 bits per heavy atom. The largest absolute Gasteiger partial charge is 0.480 e. The molecular weight excluding hydrogens is 607 g/mol. The summed E-state index contributed by atoms with van der Waals surface area (Å²) in [7, 11) is -2.36. The SMILES string of the molecule is COc1ncnc(C2CC2)c1-c1ncc2c(n1)N(Cc1ccc(-c3nc(C(F)(F)F)cn3C(C)C)cc1)S(=O)(=O)C21CCCC1. The zero-order valence-electron chi connectivity index (χ0n) is 25.0. The quantitative estimate of drug-likeness (QED) is 0.228. The summed E-state index contributed by atoms with van der Waals surface area (Å²) in [5.41, 5.74) is 2.13. The fourth-order valence-electron chi connectivity index (χ4n) is 6.58. The number of alkyl halides is 3. The number of hydrogen-bond acceptors (Lipinski definition) is 8. The highest BCUT2D eigenvalue weighted by atomic mass is 32.2. The number of anilines is 1. The number of imidazole rings is 1. The molecule has 0 bridgehead atoms. The van der Waals surface area contributed by atoms with Gasteiger partial charge in [-0.1, -0.05) is 37.1 Å². The molecule has 1 spiro atoms. The van der Waals surface area contributed by atoms with Gasteiger partial charge >= 0.3 is 6.18 Å². The number of sulfonamides is 1. The van der Waals surface area contributed by atoms with E-state index in [1.54, 1.807) is 44.3 Å². The maximum atomic E-state index is 14.3. The first kappa shape index (κ1) is 29.6. The van der Waals surface area contributed by atoms with Crippen LogP contribution in [0.2, 0.25) is 0 Å². The maximum absolute atomic E-state index is 14.3. The van der Waals surface area contributed by atoms with Crippen molar-refractivity contribution in [2.75, 3.05) is 11.4 Å². The summed E-state index contributed by atoms with van der Waals surface area (Å²) in [6, 6.07) is 6.53. The molecule has 1 aromatic carbocycles. The van der Waals surface area contributed by atoms with Crippen LogP contribution in [0.1, 0.15) is 86.8 Å². The third kappa shape index (κ3) is 4.75. The minimum Gasteiger partial charge on any atom is -0.480 e. The van der Waals surface area contributed by atoms with Gasteiger partial charge in [-0.3, -0.25) is 0 Å². The van der Waals surface area contributed by atoms with E-state index in [4.69, 9.17) is 9.72 Å². The van der Waals surface area contributed by atoms with E-state index in [1.807, 2.05) is 0 Å². The first-order valence-electron chi connectivity index (χ1n) is 15.0. The number of benzene rings is 1. The molecule has 4 aromatic rings. The van der Waals surface area contributed by atoms with Gasteiger partial charge in [-0.25, -0.2) is 37.6 Å². The Morgan fingerprint density at radius 1 is 1.04 bits per heavy atom. The van der Waals surface area contributed by atoms with Gasteiger partial charge in [-0.15, -0.1) is 0 Å². The van der Waals surface area contributed by atoms with Gasteiger partial charge in [0.25, 0.3) is 0 Å². The topological polar surface area (TPSA) is 116 Å². The smallest absolute Gasteiger partial charge is 0.434 e. The maximum Gasteiger partial charge on any atom is 0.434 e. The van der Waals surface area contributed by atoms with E-state index < -0.39 is 26.6 Å². The molecule has 236 valence electrons. The van der Waals surface area contributed by atoms with Crippen LogP contribution < -0.4 is 9.04 Å². The molecule has 0 atom stereocenters. The molecule has 0 N–H and O–H groups in total. The standard InChI is InChI=1S/C31H32F3N7O3S/c1-18(2)40-16-23(31(32,33)34)38-27(40)21-8-6-19(7-9-21)15-41-28-22(30(45(41,42)43)12-4-5-13-30)14-35-26(39-28)24-25(20-10-11-20)36-17-37-29(24)44-3/h6-9,14,16-18,20H,4-5,10-13,15H2,1-3H3. The fraction of sp³-hybridized carbons (Fsp3) is 0.452. The molecule has 0 unspecified atom stereocenters. The number of aromatic nitrogens is 6. The molecule has 7 rings (SSSR count). The van der Waals surface area contributed by atoms with Gasteiger partial charge in [0.15, 0.2) is 17.3 Å². The molecule has 0 radical (unpaired) electrons. The highest BCUT2D eigenvalue weighted by Gasteiger charge is 2.58. The molecule has 1 aliphatic heterocycles. The minimum absolute atomic E-state index is 0.00184. The second-order valence-electron chi connectivity index (χ2n) is 12.2. The number of rotatable bonds is 7. The van der Waals surface area contributed by atoms with Crippen LogP contribution in [0.3, 0.4) is 0 Å². The molecule has 2 fully saturated rings. The lowest BCUT2D eigenvalue weighted by Gasteiger charge is -2.25. The van der Waals surface area contributed by atoms with Crippen molar-refractivity contribution >= 4 is 15.8 Å². The van der Waals surface area contributed by atoms with Crippen molar-refractivity contribution in [2.45, 2.75) is 81.8 Å². The second-order valence-corrected chi connectivity index (χ2v) is 14.4. The van der Waals surface area contributed by atoms with Crippen molar-refractivity contribution in [1.82, 2.24) is 29.5 Å². The number of halogens is 3. The molecular formula is C31H32F3N7O3S. The summed E-state index contributed by atoms with van der Waals surface area (Å²) in [6.45, 7) is 3.57. The van der Waals surface area contributed by atoms with E-state index in [9.17, 15) is 21.6 Å². The Morgan fingerprint density at radius 2 is 1.76 bits per heavy atom. The van der Waals surface area contributed by atoms with Crippen LogP contribution in [-0.4, -0.2) is 45.0 Å². The number of ether oxygens (including phenoxy) is 1. The van der Waals surface area contributed by atoms with Crippen molar-refractivity contribution < 1.29 is 26.3 Å². The number of nitrogens with zero attached hydrogens (tertiary/aromatic N) is 7. The lowest BCUT2D eigenvalue weighted by Crippen LogP contribution is -2.37. The highest BCUT2D eigenvalue weighted by Crippen LogP contribution is 2.56. The molecule has 0 amide bonds. The van der Waals surface area contributed by atoms with Gasteiger partial charge in [0, 0.05) is 35.5 Å². The van der Waals surface area contributed by atoms with Crippen LogP contribution in [0, 0.1) is 0 Å². The summed E-state index contributed by atoms with van der Waals surface area (Å²) in [4.78, 5) is 22.2. The van der Waals surface area contributed by atoms with Gasteiger partial charge in [0.1, 0.15) is 22.5 Å². The summed E-state index contributed by atoms with van der Waals surface area (Å²) in [6.07, 6.45) is 4.00.